The van der Waals surface area contributed by atoms with E-state index in [1.54, 1.807) is 6.07 Å². The fourth-order valence-corrected chi connectivity index (χ4v) is 2.09. The summed E-state index contributed by atoms with van der Waals surface area (Å²) in [6.45, 7) is 0. The number of nitrogens with one attached hydrogen (secondary N) is 1. The average Bonchev–Trinajstić information content (AvgIpc) is 2.67. The van der Waals surface area contributed by atoms with Gasteiger partial charge in [-0.3, -0.25) is 4.79 Å². The first-order valence-corrected chi connectivity index (χ1v) is 5.82. The largest absolute Gasteiger partial charge is 0.321 e. The van der Waals surface area contributed by atoms with E-state index in [9.17, 15) is 18.0 Å². The number of carbonyl (C=O) groups is 1. The Morgan fingerprint density at radius 3 is 2.50 bits per heavy atom. The molecule has 1 aliphatic heterocycles. The number of amides is 1. The molecule has 2 aromatic rings. The summed E-state index contributed by atoms with van der Waals surface area (Å²) in [7, 11) is 0. The third-order valence-corrected chi connectivity index (χ3v) is 3.00. The van der Waals surface area contributed by atoms with Crippen LogP contribution in [-0.4, -0.2) is 5.91 Å². The van der Waals surface area contributed by atoms with E-state index < -0.39 is 23.4 Å². The van der Waals surface area contributed by atoms with Crippen molar-refractivity contribution in [3.8, 4) is 0 Å². The molecule has 20 heavy (non-hydrogen) atoms. The lowest BCUT2D eigenvalue weighted by Crippen LogP contribution is -2.03. The van der Waals surface area contributed by atoms with Crippen LogP contribution in [0.25, 0.3) is 11.6 Å². The van der Waals surface area contributed by atoms with Crippen LogP contribution in [0.1, 0.15) is 11.1 Å². The third-order valence-electron chi connectivity index (χ3n) is 3.00. The molecule has 0 bridgehead atoms. The molecule has 0 fully saturated rings. The highest BCUT2D eigenvalue weighted by Crippen LogP contribution is 2.34. The molecule has 0 unspecified atom stereocenters. The van der Waals surface area contributed by atoms with Gasteiger partial charge in [-0.15, -0.1) is 0 Å². The van der Waals surface area contributed by atoms with Gasteiger partial charge in [0, 0.05) is 17.2 Å². The minimum atomic E-state index is -1.04. The first-order valence-electron chi connectivity index (χ1n) is 5.82. The molecule has 1 N–H and O–H groups in total. The van der Waals surface area contributed by atoms with Gasteiger partial charge in [0.05, 0.1) is 5.69 Å². The van der Waals surface area contributed by atoms with E-state index in [0.29, 0.717) is 5.56 Å². The van der Waals surface area contributed by atoms with Gasteiger partial charge in [0.1, 0.15) is 5.82 Å². The Bertz CT molecular complexity index is 753. The maximum absolute atomic E-state index is 13.3. The molecule has 1 amide bonds. The van der Waals surface area contributed by atoms with E-state index in [1.165, 1.54) is 24.3 Å². The molecular formula is C15H8F3NO. The minimum absolute atomic E-state index is 0.171. The second-order valence-electron chi connectivity index (χ2n) is 4.38. The smallest absolute Gasteiger partial charge is 0.256 e. The molecule has 0 saturated heterocycles. The Labute approximate surface area is 112 Å². The number of anilines is 1. The maximum atomic E-state index is 13.3. The summed E-state index contributed by atoms with van der Waals surface area (Å²) in [4.78, 5) is 11.8. The van der Waals surface area contributed by atoms with Crippen molar-refractivity contribution in [2.45, 2.75) is 0 Å². The highest BCUT2D eigenvalue weighted by atomic mass is 19.2. The average molecular weight is 275 g/mol. The Balaban J connectivity index is 2.12. The van der Waals surface area contributed by atoms with Crippen LogP contribution in [0.15, 0.2) is 36.4 Å². The zero-order valence-electron chi connectivity index (χ0n) is 10.1. The number of benzene rings is 2. The SMILES string of the molecule is O=C1Nc2cc(F)c(F)cc2/C1=C\c1cccc(F)c1. The van der Waals surface area contributed by atoms with E-state index in [0.717, 1.165) is 12.1 Å². The Kier molecular flexibility index (Phi) is 2.82. The van der Waals surface area contributed by atoms with E-state index in [4.69, 9.17) is 0 Å². The summed E-state index contributed by atoms with van der Waals surface area (Å²) in [5, 5.41) is 2.44. The number of hydrogen-bond donors (Lipinski definition) is 1. The molecule has 5 heteroatoms. The Hall–Kier alpha value is -2.56. The number of carbonyl (C=O) groups excluding carboxylic acids is 1. The first kappa shape index (κ1) is 12.5. The van der Waals surface area contributed by atoms with Gasteiger partial charge in [-0.2, -0.15) is 0 Å². The van der Waals surface area contributed by atoms with Crippen molar-refractivity contribution in [2.24, 2.45) is 0 Å². The van der Waals surface area contributed by atoms with Gasteiger partial charge < -0.3 is 5.32 Å². The molecule has 1 heterocycles. The van der Waals surface area contributed by atoms with Crippen LogP contribution in [-0.2, 0) is 4.79 Å². The predicted molar refractivity (Wildman–Crippen MR) is 69.3 cm³/mol. The van der Waals surface area contributed by atoms with Gasteiger partial charge in [0.2, 0.25) is 0 Å². The second kappa shape index (κ2) is 4.52. The standard InChI is InChI=1S/C15H8F3NO/c16-9-3-1-2-8(4-9)5-11-10-6-12(17)13(18)7-14(10)19-15(11)20/h1-7H,(H,19,20)/b11-5+. The van der Waals surface area contributed by atoms with Crippen molar-refractivity contribution in [3.05, 3.63) is 65.0 Å². The second-order valence-corrected chi connectivity index (χ2v) is 4.38. The fraction of sp³-hybridized carbons (Fsp3) is 0. The minimum Gasteiger partial charge on any atom is -0.321 e. The van der Waals surface area contributed by atoms with Crippen molar-refractivity contribution in [1.82, 2.24) is 0 Å². The lowest BCUT2D eigenvalue weighted by molar-refractivity contribution is -0.110. The third kappa shape index (κ3) is 2.07. The summed E-state index contributed by atoms with van der Waals surface area (Å²) in [5.74, 6) is -2.99. The maximum Gasteiger partial charge on any atom is 0.256 e. The summed E-state index contributed by atoms with van der Waals surface area (Å²) in [6, 6.07) is 7.52. The molecule has 0 aliphatic carbocycles. The molecule has 0 spiro atoms. The zero-order chi connectivity index (χ0) is 14.3. The Morgan fingerprint density at radius 1 is 1.00 bits per heavy atom. The molecule has 0 saturated carbocycles. The van der Waals surface area contributed by atoms with Gasteiger partial charge in [0.25, 0.3) is 5.91 Å². The molecule has 1 aliphatic rings. The predicted octanol–water partition coefficient (Wildman–Crippen LogP) is 3.60. The number of rotatable bonds is 1. The highest BCUT2D eigenvalue weighted by Gasteiger charge is 2.26. The fourth-order valence-electron chi connectivity index (χ4n) is 2.09. The van der Waals surface area contributed by atoms with E-state index in [-0.39, 0.29) is 16.8 Å². The topological polar surface area (TPSA) is 29.1 Å². The molecule has 0 aromatic heterocycles. The van der Waals surface area contributed by atoms with Gasteiger partial charge in [-0.25, -0.2) is 13.2 Å². The van der Waals surface area contributed by atoms with E-state index in [2.05, 4.69) is 5.32 Å². The normalized spacial score (nSPS) is 15.3. The summed E-state index contributed by atoms with van der Waals surface area (Å²) in [5.41, 5.74) is 1.10. The van der Waals surface area contributed by atoms with E-state index >= 15 is 0 Å². The lowest BCUT2D eigenvalue weighted by atomic mass is 10.0. The van der Waals surface area contributed by atoms with Crippen molar-refractivity contribution in [3.63, 3.8) is 0 Å². The number of hydrogen-bond acceptors (Lipinski definition) is 1. The zero-order valence-corrected chi connectivity index (χ0v) is 10.1. The molecule has 0 radical (unpaired) electrons. The van der Waals surface area contributed by atoms with Crippen molar-refractivity contribution >= 4 is 23.2 Å². The molecular weight excluding hydrogens is 267 g/mol. The van der Waals surface area contributed by atoms with Gasteiger partial charge >= 0.3 is 0 Å². The highest BCUT2D eigenvalue weighted by molar-refractivity contribution is 6.34. The molecule has 3 rings (SSSR count). The lowest BCUT2D eigenvalue weighted by Gasteiger charge is -2.00. The van der Waals surface area contributed by atoms with E-state index in [1.807, 2.05) is 0 Å². The summed E-state index contributed by atoms with van der Waals surface area (Å²) in [6.07, 6.45) is 1.43. The van der Waals surface area contributed by atoms with Crippen LogP contribution in [0.5, 0.6) is 0 Å². The van der Waals surface area contributed by atoms with Crippen molar-refractivity contribution < 1.29 is 18.0 Å². The van der Waals surface area contributed by atoms with Crippen LogP contribution < -0.4 is 5.32 Å². The van der Waals surface area contributed by atoms with Gasteiger partial charge in [-0.1, -0.05) is 12.1 Å². The van der Waals surface area contributed by atoms with Crippen LogP contribution in [0.4, 0.5) is 18.9 Å². The van der Waals surface area contributed by atoms with Crippen LogP contribution in [0.2, 0.25) is 0 Å². The summed E-state index contributed by atoms with van der Waals surface area (Å²) < 4.78 is 39.5. The van der Waals surface area contributed by atoms with Gasteiger partial charge in [-0.05, 0) is 29.8 Å². The van der Waals surface area contributed by atoms with Crippen molar-refractivity contribution in [2.75, 3.05) is 5.32 Å². The number of halogens is 3. The van der Waals surface area contributed by atoms with Gasteiger partial charge in [0.15, 0.2) is 11.6 Å². The molecule has 0 atom stereocenters. The molecule has 2 nitrogen and oxygen atoms in total. The monoisotopic (exact) mass is 275 g/mol. The molecule has 100 valence electrons. The first-order chi connectivity index (χ1) is 9.54. The Morgan fingerprint density at radius 2 is 1.75 bits per heavy atom. The molecule has 2 aromatic carbocycles. The summed E-state index contributed by atoms with van der Waals surface area (Å²) >= 11 is 0. The quantitative estimate of drug-likeness (QED) is 0.792. The van der Waals surface area contributed by atoms with Crippen LogP contribution in [0.3, 0.4) is 0 Å². The van der Waals surface area contributed by atoms with Crippen LogP contribution >= 0.6 is 0 Å². The van der Waals surface area contributed by atoms with Crippen LogP contribution in [0, 0.1) is 17.5 Å². The van der Waals surface area contributed by atoms with Crippen molar-refractivity contribution in [1.29, 1.82) is 0 Å². The number of fused-ring (bicyclic) bond motifs is 1.